The van der Waals surface area contributed by atoms with Gasteiger partial charge in [-0.25, -0.2) is 0 Å². The summed E-state index contributed by atoms with van der Waals surface area (Å²) in [5.41, 5.74) is 0. The highest BCUT2D eigenvalue weighted by Gasteiger charge is 2.10. The zero-order valence-electron chi connectivity index (χ0n) is 15.6. The van der Waals surface area contributed by atoms with Crippen LogP contribution < -0.4 is 0 Å². The van der Waals surface area contributed by atoms with Gasteiger partial charge in [-0.2, -0.15) is 0 Å². The van der Waals surface area contributed by atoms with Crippen LogP contribution in [0.3, 0.4) is 0 Å². The molecule has 142 valence electrons. The maximum absolute atomic E-state index is 8.79. The van der Waals surface area contributed by atoms with Crippen molar-refractivity contribution in [3.63, 3.8) is 0 Å². The molecule has 0 aliphatic heterocycles. The van der Waals surface area contributed by atoms with Gasteiger partial charge in [-0.3, -0.25) is 0 Å². The molecule has 0 aliphatic carbocycles. The van der Waals surface area contributed by atoms with Gasteiger partial charge in [0.25, 0.3) is 0 Å². The van der Waals surface area contributed by atoms with Gasteiger partial charge >= 0.3 is 0 Å². The van der Waals surface area contributed by atoms with E-state index in [1.54, 1.807) is 0 Å². The van der Waals surface area contributed by atoms with Crippen LogP contribution in [-0.2, 0) is 22.8 Å². The third-order valence-corrected chi connectivity index (χ3v) is 3.91. The highest BCUT2D eigenvalue weighted by atomic mass is 31.0. The fourth-order valence-corrected chi connectivity index (χ4v) is 2.99. The molecule has 0 aliphatic rings. The average Bonchev–Trinajstić information content (AvgIpc) is 2.53. The predicted octanol–water partition coefficient (Wildman–Crippen LogP) is -0.267. The van der Waals surface area contributed by atoms with Crippen molar-refractivity contribution in [2.24, 2.45) is 0 Å². The summed E-state index contributed by atoms with van der Waals surface area (Å²) in [6.07, 6.45) is 2.26. The Morgan fingerprint density at radius 3 is 1.61 bits per heavy atom. The Balaban J connectivity index is 0. The second-order valence-electron chi connectivity index (χ2n) is 5.38. The van der Waals surface area contributed by atoms with E-state index in [0.29, 0.717) is 19.8 Å². The van der Waals surface area contributed by atoms with Crippen LogP contribution in [0.5, 0.6) is 0 Å². The summed E-state index contributed by atoms with van der Waals surface area (Å²) in [5.74, 6) is 0. The first-order chi connectivity index (χ1) is 11.0. The lowest BCUT2D eigenvalue weighted by molar-refractivity contribution is -0.0477. The van der Waals surface area contributed by atoms with Crippen LogP contribution in [0.2, 0.25) is 0 Å². The van der Waals surface area contributed by atoms with Crippen LogP contribution in [-0.4, -0.2) is 76.9 Å². The summed E-state index contributed by atoms with van der Waals surface area (Å²) in [5, 5.41) is 8.79. The number of aliphatic hydroxyl groups excluding tert-OH is 1. The number of ether oxygens (including phenoxy) is 2. The summed E-state index contributed by atoms with van der Waals surface area (Å²) in [7, 11) is 3.76. The molecule has 0 aromatic carbocycles. The smallest absolute Gasteiger partial charge is 0.146 e. The predicted molar refractivity (Wildman–Crippen MR) is 104 cm³/mol. The van der Waals surface area contributed by atoms with Crippen molar-refractivity contribution >= 4 is 30.4 Å². The average molecular weight is 389 g/mol. The minimum absolute atomic E-state index is 0.0261. The monoisotopic (exact) mass is 388 g/mol. The zero-order valence-corrected chi connectivity index (χ0v) is 20.8. The third kappa shape index (κ3) is 17.2. The Morgan fingerprint density at radius 2 is 1.30 bits per heavy atom. The van der Waals surface area contributed by atoms with Crippen LogP contribution in [0.4, 0.5) is 0 Å². The van der Waals surface area contributed by atoms with Gasteiger partial charge in [-0.05, 0) is 26.7 Å². The summed E-state index contributed by atoms with van der Waals surface area (Å²) in [6.45, 7) is 10.1. The first kappa shape index (κ1) is 25.9. The van der Waals surface area contributed by atoms with Gasteiger partial charge in [0.1, 0.15) is 21.0 Å². The van der Waals surface area contributed by atoms with Gasteiger partial charge in [-0.15, -0.1) is 0 Å². The first-order valence-electron chi connectivity index (χ1n) is 8.20. The van der Waals surface area contributed by atoms with E-state index in [4.69, 9.17) is 28.0 Å². The van der Waals surface area contributed by atoms with Crippen molar-refractivity contribution < 1.29 is 28.0 Å². The van der Waals surface area contributed by atoms with Crippen molar-refractivity contribution in [3.05, 3.63) is 0 Å². The minimum atomic E-state index is -0.0261. The Kier molecular flexibility index (Phi) is 21.3. The van der Waals surface area contributed by atoms with Crippen molar-refractivity contribution in [3.8, 4) is 0 Å². The fraction of sp³-hybridized carbons (Fsp3) is 1.00. The molecule has 5 atom stereocenters. The van der Waals surface area contributed by atoms with E-state index in [9.17, 15) is 0 Å². The van der Waals surface area contributed by atoms with Gasteiger partial charge in [-0.1, -0.05) is 13.8 Å². The Hall–Kier alpha value is 0.624. The number of rotatable bonds is 13. The lowest BCUT2D eigenvalue weighted by atomic mass is 10.3. The molecule has 1 N–H and O–H groups in total. The van der Waals surface area contributed by atoms with E-state index in [1.807, 2.05) is 20.8 Å². The molecule has 0 fully saturated rings. The molecule has 1 unspecified atom stereocenters. The molecular formula is C14H37O6PSi2. The quantitative estimate of drug-likeness (QED) is 0.346. The molecule has 0 aromatic rings. The van der Waals surface area contributed by atoms with Crippen molar-refractivity contribution in [1.29, 1.82) is 0 Å². The Bertz CT molecular complexity index is 237. The molecule has 0 spiro atoms. The summed E-state index contributed by atoms with van der Waals surface area (Å²) >= 11 is 0. The van der Waals surface area contributed by atoms with Gasteiger partial charge in [0.15, 0.2) is 0 Å². The van der Waals surface area contributed by atoms with E-state index in [-0.39, 0.29) is 31.0 Å². The molecule has 0 amide bonds. The highest BCUT2D eigenvalue weighted by Crippen LogP contribution is 2.05. The summed E-state index contributed by atoms with van der Waals surface area (Å²) in [4.78, 5) is 0. The molecule has 0 saturated carbocycles. The van der Waals surface area contributed by atoms with Crippen molar-refractivity contribution in [2.45, 2.75) is 65.0 Å². The normalized spacial score (nSPS) is 16.4. The van der Waals surface area contributed by atoms with Crippen molar-refractivity contribution in [1.82, 2.24) is 0 Å². The molecule has 6 nitrogen and oxygen atoms in total. The number of aliphatic hydroxyl groups is 1. The second-order valence-corrected chi connectivity index (χ2v) is 6.87. The van der Waals surface area contributed by atoms with Gasteiger partial charge < -0.3 is 28.0 Å². The molecule has 0 bridgehead atoms. The van der Waals surface area contributed by atoms with Crippen LogP contribution in [0, 0.1) is 0 Å². The van der Waals surface area contributed by atoms with E-state index in [1.165, 1.54) is 0 Å². The van der Waals surface area contributed by atoms with E-state index in [2.05, 4.69) is 16.4 Å². The van der Waals surface area contributed by atoms with Crippen LogP contribution >= 0.6 is 9.47 Å². The summed E-state index contributed by atoms with van der Waals surface area (Å²) in [6, 6.07) is 0. The SMILES string of the molecule is CC[C@H](CO)O[C@@H](C)CO[SiH3].CC[C@H](COP)O[C@@H](C)CO[SiH3]. The molecule has 0 radical (unpaired) electrons. The molecule has 0 aromatic heterocycles. The second kappa shape index (κ2) is 19.0. The van der Waals surface area contributed by atoms with Gasteiger partial charge in [0.2, 0.25) is 0 Å². The molecule has 0 heterocycles. The first-order valence-corrected chi connectivity index (χ1v) is 10.3. The summed E-state index contributed by atoms with van der Waals surface area (Å²) < 4.78 is 26.1. The number of hydrogen-bond donors (Lipinski definition) is 1. The third-order valence-electron chi connectivity index (χ3n) is 3.05. The lowest BCUT2D eigenvalue weighted by Gasteiger charge is -2.20. The van der Waals surface area contributed by atoms with Crippen LogP contribution in [0.1, 0.15) is 40.5 Å². The molecule has 9 heteroatoms. The van der Waals surface area contributed by atoms with Crippen molar-refractivity contribution in [2.75, 3.05) is 26.4 Å². The van der Waals surface area contributed by atoms with Crippen LogP contribution in [0.25, 0.3) is 0 Å². The molecule has 0 rings (SSSR count). The fourth-order valence-electron chi connectivity index (χ4n) is 1.83. The maximum atomic E-state index is 8.79. The largest absolute Gasteiger partial charge is 0.425 e. The van der Waals surface area contributed by atoms with Crippen LogP contribution in [0.15, 0.2) is 0 Å². The Labute approximate surface area is 150 Å². The lowest BCUT2D eigenvalue weighted by Crippen LogP contribution is -2.25. The molecular weight excluding hydrogens is 351 g/mol. The highest BCUT2D eigenvalue weighted by molar-refractivity contribution is 7.09. The minimum Gasteiger partial charge on any atom is -0.425 e. The Morgan fingerprint density at radius 1 is 0.870 bits per heavy atom. The van der Waals surface area contributed by atoms with E-state index >= 15 is 0 Å². The van der Waals surface area contributed by atoms with Gasteiger partial charge in [0, 0.05) is 9.47 Å². The molecule has 23 heavy (non-hydrogen) atoms. The maximum Gasteiger partial charge on any atom is 0.146 e. The molecule has 0 saturated heterocycles. The van der Waals surface area contributed by atoms with E-state index in [0.717, 1.165) is 33.8 Å². The topological polar surface area (TPSA) is 66.4 Å². The standard InChI is InChI=1S/C7H19O3PSi.C7H18O3Si/c1-3-7(5-8-11)10-6(2)4-9-12;1-3-7(4-8)10-6(2)5-9-11/h6-7H,3-5,11H2,1-2,12H3;6-8H,3-5H2,1-2,11H3/t2*6-,7+/m00/s1. The zero-order chi connectivity index (χ0) is 18.1. The van der Waals surface area contributed by atoms with E-state index < -0.39 is 0 Å². The number of hydrogen-bond acceptors (Lipinski definition) is 6. The van der Waals surface area contributed by atoms with Gasteiger partial charge in [0.05, 0.1) is 50.8 Å².